The molecule has 0 aliphatic heterocycles. The number of esters is 1. The number of nitrogens with one attached hydrogen (secondary N) is 1. The van der Waals surface area contributed by atoms with Crippen molar-refractivity contribution in [1.82, 2.24) is 14.5 Å². The van der Waals surface area contributed by atoms with Crippen LogP contribution in [-0.2, 0) is 27.9 Å². The van der Waals surface area contributed by atoms with E-state index in [1.807, 2.05) is 18.2 Å². The molecule has 0 saturated carbocycles. The Morgan fingerprint density at radius 2 is 1.91 bits per heavy atom. The standard InChI is InChI=1S/C15H19N3O4/c1-10(8-14(20)22-3)16-13(19)9-18-12-7-5-4-6-11(12)17(2)15(18)21/h4-7,10H,8-9H2,1-3H3,(H,16,19). The van der Waals surface area contributed by atoms with Crippen molar-refractivity contribution >= 4 is 22.9 Å². The lowest BCUT2D eigenvalue weighted by Crippen LogP contribution is -2.38. The van der Waals surface area contributed by atoms with Crippen molar-refractivity contribution in [3.05, 3.63) is 34.7 Å². The Balaban J connectivity index is 2.14. The van der Waals surface area contributed by atoms with Gasteiger partial charge in [-0.15, -0.1) is 0 Å². The van der Waals surface area contributed by atoms with E-state index in [4.69, 9.17) is 0 Å². The van der Waals surface area contributed by atoms with Crippen molar-refractivity contribution in [3.8, 4) is 0 Å². The zero-order valence-corrected chi connectivity index (χ0v) is 12.8. The highest BCUT2D eigenvalue weighted by Gasteiger charge is 2.16. The summed E-state index contributed by atoms with van der Waals surface area (Å²) in [6.07, 6.45) is 0.0900. The summed E-state index contributed by atoms with van der Waals surface area (Å²) in [6, 6.07) is 6.92. The lowest BCUT2D eigenvalue weighted by atomic mass is 10.2. The third-order valence-electron chi connectivity index (χ3n) is 3.46. The molecule has 7 nitrogen and oxygen atoms in total. The Morgan fingerprint density at radius 1 is 1.27 bits per heavy atom. The van der Waals surface area contributed by atoms with Crippen LogP contribution in [0.4, 0.5) is 0 Å². The number of benzene rings is 1. The van der Waals surface area contributed by atoms with Crippen LogP contribution in [0.2, 0.25) is 0 Å². The Hall–Kier alpha value is -2.57. The second-order valence-corrected chi connectivity index (χ2v) is 5.17. The molecule has 0 radical (unpaired) electrons. The molecule has 0 saturated heterocycles. The molecule has 0 bridgehead atoms. The quantitative estimate of drug-likeness (QED) is 0.811. The summed E-state index contributed by atoms with van der Waals surface area (Å²) < 4.78 is 7.46. The van der Waals surface area contributed by atoms with Crippen molar-refractivity contribution < 1.29 is 14.3 Å². The molecule has 0 aliphatic carbocycles. The Kier molecular flexibility index (Phi) is 4.65. The molecule has 0 spiro atoms. The number of rotatable bonds is 5. The number of nitrogens with zero attached hydrogens (tertiary/aromatic N) is 2. The first-order valence-electron chi connectivity index (χ1n) is 6.94. The molecule has 2 rings (SSSR count). The van der Waals surface area contributed by atoms with Crippen molar-refractivity contribution in [2.24, 2.45) is 7.05 Å². The molecule has 22 heavy (non-hydrogen) atoms. The van der Waals surface area contributed by atoms with Gasteiger partial charge in [0.2, 0.25) is 5.91 Å². The molecule has 1 heterocycles. The van der Waals surface area contributed by atoms with Crippen LogP contribution in [0.5, 0.6) is 0 Å². The van der Waals surface area contributed by atoms with Gasteiger partial charge in [-0.2, -0.15) is 0 Å². The van der Waals surface area contributed by atoms with Gasteiger partial charge in [-0.3, -0.25) is 18.7 Å². The number of amides is 1. The predicted octanol–water partition coefficient (Wildman–Crippen LogP) is 0.408. The van der Waals surface area contributed by atoms with E-state index in [0.717, 1.165) is 5.52 Å². The highest BCUT2D eigenvalue weighted by Crippen LogP contribution is 2.11. The summed E-state index contributed by atoms with van der Waals surface area (Å²) in [5, 5.41) is 2.69. The first-order valence-corrected chi connectivity index (χ1v) is 6.94. The highest BCUT2D eigenvalue weighted by molar-refractivity contribution is 5.81. The van der Waals surface area contributed by atoms with Crippen LogP contribution in [0.15, 0.2) is 29.1 Å². The minimum absolute atomic E-state index is 0.0900. The number of methoxy groups -OCH3 is 1. The maximum absolute atomic E-state index is 12.2. The van der Waals surface area contributed by atoms with Gasteiger partial charge in [-0.25, -0.2) is 4.79 Å². The Bertz CT molecular complexity index is 760. The summed E-state index contributed by atoms with van der Waals surface area (Å²) in [7, 11) is 2.96. The van der Waals surface area contributed by atoms with Crippen LogP contribution in [-0.4, -0.2) is 34.2 Å². The van der Waals surface area contributed by atoms with E-state index in [1.54, 1.807) is 20.0 Å². The first kappa shape index (κ1) is 15.8. The fourth-order valence-corrected chi connectivity index (χ4v) is 2.36. The maximum Gasteiger partial charge on any atom is 0.329 e. The van der Waals surface area contributed by atoms with Gasteiger partial charge in [0.25, 0.3) is 0 Å². The zero-order chi connectivity index (χ0) is 16.3. The van der Waals surface area contributed by atoms with Gasteiger partial charge in [0.15, 0.2) is 0 Å². The average Bonchev–Trinajstić information content (AvgIpc) is 2.72. The highest BCUT2D eigenvalue weighted by atomic mass is 16.5. The number of imidazole rings is 1. The van der Waals surface area contributed by atoms with Gasteiger partial charge in [-0.05, 0) is 19.1 Å². The van der Waals surface area contributed by atoms with Crippen molar-refractivity contribution in [2.75, 3.05) is 7.11 Å². The largest absolute Gasteiger partial charge is 0.469 e. The second-order valence-electron chi connectivity index (χ2n) is 5.17. The number of para-hydroxylation sites is 2. The average molecular weight is 305 g/mol. The number of fused-ring (bicyclic) bond motifs is 1. The molecule has 0 fully saturated rings. The number of aryl methyl sites for hydroxylation is 1. The predicted molar refractivity (Wildman–Crippen MR) is 81.4 cm³/mol. The fourth-order valence-electron chi connectivity index (χ4n) is 2.36. The molecule has 1 aromatic heterocycles. The molecule has 1 aromatic carbocycles. The van der Waals surface area contributed by atoms with Crippen LogP contribution in [0.25, 0.3) is 11.0 Å². The number of ether oxygens (including phenoxy) is 1. The smallest absolute Gasteiger partial charge is 0.329 e. The van der Waals surface area contributed by atoms with Crippen LogP contribution < -0.4 is 11.0 Å². The summed E-state index contributed by atoms with van der Waals surface area (Å²) >= 11 is 0. The Labute approximate surface area is 127 Å². The second kappa shape index (κ2) is 6.46. The molecule has 1 atom stereocenters. The molecule has 2 aromatic rings. The third kappa shape index (κ3) is 3.19. The lowest BCUT2D eigenvalue weighted by molar-refractivity contribution is -0.141. The van der Waals surface area contributed by atoms with Gasteiger partial charge in [0, 0.05) is 13.1 Å². The molecular weight excluding hydrogens is 286 g/mol. The van der Waals surface area contributed by atoms with E-state index in [0.29, 0.717) is 5.52 Å². The van der Waals surface area contributed by atoms with Crippen LogP contribution >= 0.6 is 0 Å². The van der Waals surface area contributed by atoms with Crippen molar-refractivity contribution in [2.45, 2.75) is 25.9 Å². The topological polar surface area (TPSA) is 82.3 Å². The third-order valence-corrected chi connectivity index (χ3v) is 3.46. The summed E-state index contributed by atoms with van der Waals surface area (Å²) in [5.41, 5.74) is 1.21. The Morgan fingerprint density at radius 3 is 2.55 bits per heavy atom. The van der Waals surface area contributed by atoms with Crippen LogP contribution in [0.1, 0.15) is 13.3 Å². The normalized spacial score (nSPS) is 12.1. The molecule has 1 N–H and O–H groups in total. The number of carbonyl (C=O) groups excluding carboxylic acids is 2. The van der Waals surface area contributed by atoms with Gasteiger partial charge >= 0.3 is 11.7 Å². The van der Waals surface area contributed by atoms with Crippen LogP contribution in [0, 0.1) is 0 Å². The van der Waals surface area contributed by atoms with Gasteiger partial charge in [0.05, 0.1) is 24.6 Å². The number of hydrogen-bond acceptors (Lipinski definition) is 4. The van der Waals surface area contributed by atoms with Crippen LogP contribution in [0.3, 0.4) is 0 Å². The van der Waals surface area contributed by atoms with E-state index in [2.05, 4.69) is 10.1 Å². The van der Waals surface area contributed by atoms with E-state index < -0.39 is 5.97 Å². The van der Waals surface area contributed by atoms with E-state index in [-0.39, 0.29) is 30.6 Å². The molecule has 1 amide bonds. The summed E-state index contributed by atoms with van der Waals surface area (Å²) in [4.78, 5) is 35.4. The zero-order valence-electron chi connectivity index (χ0n) is 12.8. The van der Waals surface area contributed by atoms with Crippen molar-refractivity contribution in [3.63, 3.8) is 0 Å². The van der Waals surface area contributed by atoms with E-state index in [1.165, 1.54) is 16.2 Å². The maximum atomic E-state index is 12.2. The minimum atomic E-state index is -0.393. The number of aromatic nitrogens is 2. The van der Waals surface area contributed by atoms with Crippen molar-refractivity contribution in [1.29, 1.82) is 0 Å². The fraction of sp³-hybridized carbons (Fsp3) is 0.400. The number of carbonyl (C=O) groups is 2. The molecule has 7 heteroatoms. The minimum Gasteiger partial charge on any atom is -0.469 e. The SMILES string of the molecule is COC(=O)CC(C)NC(=O)Cn1c(=O)n(C)c2ccccc21. The monoisotopic (exact) mass is 305 g/mol. The molecular formula is C15H19N3O4. The summed E-state index contributed by atoms with van der Waals surface area (Å²) in [5.74, 6) is -0.718. The van der Waals surface area contributed by atoms with E-state index >= 15 is 0 Å². The molecule has 1 unspecified atom stereocenters. The van der Waals surface area contributed by atoms with Gasteiger partial charge < -0.3 is 10.1 Å². The summed E-state index contributed by atoms with van der Waals surface area (Å²) in [6.45, 7) is 1.62. The van der Waals surface area contributed by atoms with E-state index in [9.17, 15) is 14.4 Å². The molecule has 0 aliphatic rings. The van der Waals surface area contributed by atoms with Gasteiger partial charge in [0.1, 0.15) is 6.54 Å². The first-order chi connectivity index (χ1) is 10.4. The van der Waals surface area contributed by atoms with Gasteiger partial charge in [-0.1, -0.05) is 12.1 Å². The number of hydrogen-bond donors (Lipinski definition) is 1. The lowest BCUT2D eigenvalue weighted by Gasteiger charge is -2.12. The molecule has 118 valence electrons.